The zero-order valence-corrected chi connectivity index (χ0v) is 29.8. The van der Waals surface area contributed by atoms with Gasteiger partial charge < -0.3 is 54.7 Å². The molecule has 8 atom stereocenters. The smallest absolute Gasteiger partial charge is 0.339 e. The molecular weight excluding hydrogens is 670 g/mol. The van der Waals surface area contributed by atoms with Crippen molar-refractivity contribution in [2.45, 2.75) is 115 Å². The van der Waals surface area contributed by atoms with Gasteiger partial charge in [-0.1, -0.05) is 27.7 Å². The molecule has 19 heteroatoms. The maximum Gasteiger partial charge on any atom is 0.339 e. The Labute approximate surface area is 296 Å². The van der Waals surface area contributed by atoms with E-state index in [1.165, 1.54) is 26.4 Å². The molecule has 51 heavy (non-hydrogen) atoms. The molecular formula is C32H55N9O10. The predicted octanol–water partition coefficient (Wildman–Crippen LogP) is -2.85. The monoisotopic (exact) mass is 725 g/mol. The first-order valence-electron chi connectivity index (χ1n) is 16.7. The first kappa shape index (κ1) is 45.0. The van der Waals surface area contributed by atoms with Crippen molar-refractivity contribution in [2.24, 2.45) is 51.7 Å². The number of nitrogens with one attached hydrogen (secondary N) is 1. The van der Waals surface area contributed by atoms with Crippen molar-refractivity contribution in [1.82, 2.24) is 14.9 Å². The maximum atomic E-state index is 15.1. The molecule has 288 valence electrons. The van der Waals surface area contributed by atoms with Gasteiger partial charge in [-0.2, -0.15) is 0 Å². The van der Waals surface area contributed by atoms with Crippen LogP contribution >= 0.6 is 0 Å². The number of Topliss-reactive ketones (excluding diaryl/α,β-unsaturated/α-hetero) is 3. The molecule has 1 aromatic heterocycles. The molecule has 0 aliphatic carbocycles. The Balaban J connectivity index is 4.79. The zero-order valence-electron chi connectivity index (χ0n) is 29.8. The molecule has 1 aromatic rings. The van der Waals surface area contributed by atoms with E-state index in [-0.39, 0.29) is 30.0 Å². The Morgan fingerprint density at radius 3 is 1.86 bits per heavy atom. The topological polar surface area (TPSA) is 368 Å². The van der Waals surface area contributed by atoms with Crippen LogP contribution in [0.4, 0.5) is 0 Å². The third-order valence-corrected chi connectivity index (χ3v) is 8.85. The number of nitrogens with two attached hydrogens (primary N) is 6. The fourth-order valence-electron chi connectivity index (χ4n) is 6.04. The Morgan fingerprint density at radius 1 is 0.843 bits per heavy atom. The number of imidazole rings is 1. The molecule has 19 nitrogen and oxygen atoms in total. The summed E-state index contributed by atoms with van der Waals surface area (Å²) >= 11 is 0. The molecule has 1 rings (SSSR count). The summed E-state index contributed by atoms with van der Waals surface area (Å²) in [6, 6.07) is -9.57. The van der Waals surface area contributed by atoms with Crippen LogP contribution in [0.1, 0.15) is 72.4 Å². The van der Waals surface area contributed by atoms with Gasteiger partial charge in [0, 0.05) is 19.0 Å². The molecule has 16 N–H and O–H groups in total. The molecule has 0 fully saturated rings. The van der Waals surface area contributed by atoms with Crippen LogP contribution in [0.25, 0.3) is 0 Å². The van der Waals surface area contributed by atoms with E-state index in [0.29, 0.717) is 0 Å². The average molecular weight is 726 g/mol. The number of carboxylic acids is 2. The molecule has 0 saturated carbocycles. The summed E-state index contributed by atoms with van der Waals surface area (Å²) in [6.07, 6.45) is -2.59. The second-order valence-corrected chi connectivity index (χ2v) is 13.6. The number of aromatic nitrogens is 2. The van der Waals surface area contributed by atoms with E-state index < -0.39 is 126 Å². The maximum absolute atomic E-state index is 15.1. The number of rotatable bonds is 23. The number of hydrogen-bond donors (Lipinski definition) is 10. The van der Waals surface area contributed by atoms with Gasteiger partial charge in [0.05, 0.1) is 42.3 Å². The summed E-state index contributed by atoms with van der Waals surface area (Å²) in [5, 5.41) is 31.2. The molecule has 0 aromatic carbocycles. The normalized spacial score (nSPS) is 17.7. The van der Waals surface area contributed by atoms with Crippen LogP contribution in [0.15, 0.2) is 12.5 Å². The third-order valence-electron chi connectivity index (χ3n) is 8.85. The van der Waals surface area contributed by atoms with E-state index in [2.05, 4.69) is 9.97 Å². The number of ketones is 3. The van der Waals surface area contributed by atoms with Gasteiger partial charge in [-0.05, 0) is 51.0 Å². The second-order valence-electron chi connectivity index (χ2n) is 13.6. The lowest BCUT2D eigenvalue weighted by Crippen LogP contribution is -2.82. The van der Waals surface area contributed by atoms with Crippen molar-refractivity contribution in [3.8, 4) is 0 Å². The van der Waals surface area contributed by atoms with Crippen molar-refractivity contribution in [1.29, 1.82) is 0 Å². The van der Waals surface area contributed by atoms with Crippen molar-refractivity contribution in [2.75, 3.05) is 6.54 Å². The highest BCUT2D eigenvalue weighted by Gasteiger charge is 2.75. The standard InChI is InChI=1S/C32H55N9O10/c1-15(2)11-20(35)26(46)32(30(50)51,41(29(49)24(38)17(5)42)28(48)19(34)7-8-22(43)44)31(9-6-10-33,27(47)23(37)16(3)4)25(45)21(36)12-18-13-39-14-40-18/h13-17,19-21,23-24,42H,6-12,33-38H2,1-5H3,(H,39,40)(H,43,44)(H,50,51). The lowest BCUT2D eigenvalue weighted by atomic mass is 9.54. The number of aromatic amines is 1. The Morgan fingerprint density at radius 2 is 1.43 bits per heavy atom. The van der Waals surface area contributed by atoms with Crippen LogP contribution in [-0.2, 0) is 40.0 Å². The van der Waals surface area contributed by atoms with Crippen molar-refractivity contribution >= 4 is 41.1 Å². The number of carbonyl (C=O) groups excluding carboxylic acids is 5. The third kappa shape index (κ3) is 9.67. The van der Waals surface area contributed by atoms with Crippen LogP contribution in [0, 0.1) is 17.3 Å². The minimum absolute atomic E-state index is 0.184. The molecule has 0 spiro atoms. The van der Waals surface area contributed by atoms with E-state index in [1.54, 1.807) is 13.8 Å². The number of nitrogens with zero attached hydrogens (tertiary/aromatic N) is 2. The van der Waals surface area contributed by atoms with Crippen molar-refractivity contribution in [3.05, 3.63) is 18.2 Å². The number of carboxylic acid groups (broad SMARTS) is 2. The quantitative estimate of drug-likeness (QED) is 0.0507. The number of aliphatic hydroxyl groups excluding tert-OH is 1. The number of carbonyl (C=O) groups is 7. The highest BCUT2D eigenvalue weighted by atomic mass is 16.4. The lowest BCUT2D eigenvalue weighted by Gasteiger charge is -2.52. The minimum atomic E-state index is -3.90. The van der Waals surface area contributed by atoms with Crippen LogP contribution in [0.2, 0.25) is 0 Å². The number of H-pyrrole nitrogens is 1. The minimum Gasteiger partial charge on any atom is -0.481 e. The van der Waals surface area contributed by atoms with Gasteiger partial charge in [0.1, 0.15) is 11.5 Å². The molecule has 0 aliphatic heterocycles. The molecule has 8 unspecified atom stereocenters. The molecule has 0 saturated heterocycles. The Hall–Kier alpha value is -3.98. The molecule has 0 aliphatic rings. The number of hydrogen-bond acceptors (Lipinski definition) is 15. The lowest BCUT2D eigenvalue weighted by molar-refractivity contribution is -0.188. The highest BCUT2D eigenvalue weighted by Crippen LogP contribution is 2.47. The largest absolute Gasteiger partial charge is 0.481 e. The second kappa shape index (κ2) is 19.0. The number of imide groups is 1. The van der Waals surface area contributed by atoms with Crippen LogP contribution in [-0.4, -0.2) is 120 Å². The Bertz CT molecular complexity index is 1400. The molecule has 1 heterocycles. The molecule has 0 bridgehead atoms. The van der Waals surface area contributed by atoms with Gasteiger partial charge in [0.15, 0.2) is 17.3 Å². The van der Waals surface area contributed by atoms with Gasteiger partial charge in [-0.15, -0.1) is 0 Å². The van der Waals surface area contributed by atoms with Gasteiger partial charge in [-0.25, -0.2) is 9.78 Å². The Kier molecular flexibility index (Phi) is 16.8. The number of aliphatic hydroxyl groups is 1. The fourth-order valence-corrected chi connectivity index (χ4v) is 6.04. The summed E-state index contributed by atoms with van der Waals surface area (Å²) in [4.78, 5) is 106. The molecule has 0 radical (unpaired) electrons. The van der Waals surface area contributed by atoms with E-state index >= 15 is 14.4 Å². The van der Waals surface area contributed by atoms with E-state index in [0.717, 1.165) is 6.92 Å². The first-order valence-corrected chi connectivity index (χ1v) is 16.7. The highest BCUT2D eigenvalue weighted by molar-refractivity contribution is 6.28. The SMILES string of the molecule is CC(C)CC(N)C(=O)C(C(=O)O)(N(C(=O)C(N)CCC(=O)O)C(=O)C(N)C(C)O)C(CCCN)(C(=O)C(N)Cc1c[nH]cn1)C(=O)C(N)C(C)C. The predicted molar refractivity (Wildman–Crippen MR) is 183 cm³/mol. The van der Waals surface area contributed by atoms with Gasteiger partial charge in [0.25, 0.3) is 0 Å². The molecule has 2 amide bonds. The van der Waals surface area contributed by atoms with Crippen LogP contribution in [0.5, 0.6) is 0 Å². The number of aliphatic carboxylic acids is 2. The summed E-state index contributed by atoms with van der Waals surface area (Å²) in [6.45, 7) is 6.92. The van der Waals surface area contributed by atoms with Crippen LogP contribution in [0.3, 0.4) is 0 Å². The summed E-state index contributed by atoms with van der Waals surface area (Å²) < 4.78 is 0. The van der Waals surface area contributed by atoms with E-state index in [1.807, 2.05) is 0 Å². The van der Waals surface area contributed by atoms with Gasteiger partial charge in [-0.3, -0.25) is 33.7 Å². The van der Waals surface area contributed by atoms with E-state index in [4.69, 9.17) is 34.4 Å². The summed E-state index contributed by atoms with van der Waals surface area (Å²) in [7, 11) is 0. The van der Waals surface area contributed by atoms with Crippen molar-refractivity contribution in [3.63, 3.8) is 0 Å². The van der Waals surface area contributed by atoms with Crippen molar-refractivity contribution < 1.29 is 48.9 Å². The first-order chi connectivity index (χ1) is 23.6. The average Bonchev–Trinajstić information content (AvgIpc) is 3.57. The zero-order chi connectivity index (χ0) is 39.6. The van der Waals surface area contributed by atoms with E-state index in [9.17, 15) is 34.5 Å². The fraction of sp³-hybridized carbons (Fsp3) is 0.688. The number of amides is 2. The summed E-state index contributed by atoms with van der Waals surface area (Å²) in [5.74, 6) is -12.9. The van der Waals surface area contributed by atoms with Gasteiger partial charge >= 0.3 is 11.9 Å². The van der Waals surface area contributed by atoms with Crippen LogP contribution < -0.4 is 34.4 Å². The van der Waals surface area contributed by atoms with Gasteiger partial charge in [0.2, 0.25) is 17.4 Å². The summed E-state index contributed by atoms with van der Waals surface area (Å²) in [5.41, 5.74) is 30.1.